The monoisotopic (exact) mass is 348 g/mol. The van der Waals surface area contributed by atoms with Crippen LogP contribution in [0.3, 0.4) is 0 Å². The van der Waals surface area contributed by atoms with Gasteiger partial charge in [-0.3, -0.25) is 14.3 Å². The Hall–Kier alpha value is -2.91. The van der Waals surface area contributed by atoms with Crippen LogP contribution in [0.4, 0.5) is 5.69 Å². The van der Waals surface area contributed by atoms with E-state index in [9.17, 15) is 4.79 Å². The van der Waals surface area contributed by atoms with Gasteiger partial charge in [-0.2, -0.15) is 0 Å². The fraction of sp³-hybridized carbons (Fsp3) is 0.158. The molecular weight excluding hydrogens is 332 g/mol. The minimum Gasteiger partial charge on any atom is -0.282 e. The Labute approximate surface area is 150 Å². The molecule has 0 aliphatic heterocycles. The predicted octanol–water partition coefficient (Wildman–Crippen LogP) is 4.18. The highest BCUT2D eigenvalue weighted by molar-refractivity contribution is 7.98. The van der Waals surface area contributed by atoms with Gasteiger partial charge >= 0.3 is 0 Å². The summed E-state index contributed by atoms with van der Waals surface area (Å²) in [7, 11) is 0. The first-order chi connectivity index (χ1) is 12.1. The summed E-state index contributed by atoms with van der Waals surface area (Å²) in [4.78, 5) is 25.2. The van der Waals surface area contributed by atoms with E-state index in [-0.39, 0.29) is 11.2 Å². The van der Waals surface area contributed by atoms with Crippen molar-refractivity contribution in [1.82, 2.24) is 14.5 Å². The SMILES string of the molecule is [C-]#[N+]c1c(SC)nc(-c2cccnc2)n(-c2ccc(C)c(C)c2)c1=O. The van der Waals surface area contributed by atoms with Gasteiger partial charge in [0, 0.05) is 23.6 Å². The standard InChI is InChI=1S/C19H16N4OS/c1-12-7-8-15(10-13(12)2)23-17(14-6-5-9-21-11-14)22-18(25-4)16(20-3)19(23)24/h5-11H,1-2,4H3. The number of thioether (sulfide) groups is 1. The number of aryl methyl sites for hydroxylation is 2. The Morgan fingerprint density at radius 3 is 2.60 bits per heavy atom. The molecule has 0 aliphatic rings. The third-order valence-electron chi connectivity index (χ3n) is 4.00. The normalized spacial score (nSPS) is 10.5. The lowest BCUT2D eigenvalue weighted by atomic mass is 10.1. The van der Waals surface area contributed by atoms with Gasteiger partial charge < -0.3 is 0 Å². The van der Waals surface area contributed by atoms with Crippen LogP contribution < -0.4 is 5.56 Å². The number of pyridine rings is 1. The van der Waals surface area contributed by atoms with Crippen molar-refractivity contribution in [3.8, 4) is 17.1 Å². The van der Waals surface area contributed by atoms with Gasteiger partial charge in [-0.15, -0.1) is 11.8 Å². The lowest BCUT2D eigenvalue weighted by Crippen LogP contribution is -2.22. The Morgan fingerprint density at radius 2 is 2.00 bits per heavy atom. The van der Waals surface area contributed by atoms with Crippen LogP contribution in [-0.4, -0.2) is 20.8 Å². The summed E-state index contributed by atoms with van der Waals surface area (Å²) >= 11 is 1.29. The number of aromatic nitrogens is 3. The van der Waals surface area contributed by atoms with Gasteiger partial charge in [-0.1, -0.05) is 6.07 Å². The van der Waals surface area contributed by atoms with E-state index in [1.807, 2.05) is 44.4 Å². The molecule has 25 heavy (non-hydrogen) atoms. The van der Waals surface area contributed by atoms with E-state index in [1.165, 1.54) is 16.3 Å². The molecule has 0 saturated carbocycles. The van der Waals surface area contributed by atoms with Crippen molar-refractivity contribution >= 4 is 17.4 Å². The summed E-state index contributed by atoms with van der Waals surface area (Å²) < 4.78 is 1.50. The first kappa shape index (κ1) is 16.9. The minimum atomic E-state index is -0.364. The molecule has 5 nitrogen and oxygen atoms in total. The molecule has 0 spiro atoms. The molecule has 124 valence electrons. The molecule has 0 unspecified atom stereocenters. The highest BCUT2D eigenvalue weighted by Crippen LogP contribution is 2.28. The van der Waals surface area contributed by atoms with Gasteiger partial charge in [0.25, 0.3) is 11.2 Å². The molecule has 1 aromatic carbocycles. The zero-order valence-electron chi connectivity index (χ0n) is 14.1. The highest BCUT2D eigenvalue weighted by atomic mass is 32.2. The average molecular weight is 348 g/mol. The largest absolute Gasteiger partial charge is 0.282 e. The fourth-order valence-corrected chi connectivity index (χ4v) is 3.03. The molecule has 0 atom stereocenters. The molecule has 3 aromatic rings. The molecule has 0 saturated heterocycles. The van der Waals surface area contributed by atoms with E-state index in [0.717, 1.165) is 16.7 Å². The van der Waals surface area contributed by atoms with E-state index < -0.39 is 0 Å². The quantitative estimate of drug-likeness (QED) is 0.405. The minimum absolute atomic E-state index is 0.0402. The van der Waals surface area contributed by atoms with Crippen LogP contribution in [0.5, 0.6) is 0 Å². The van der Waals surface area contributed by atoms with Gasteiger partial charge in [0.15, 0.2) is 0 Å². The molecule has 0 fully saturated rings. The van der Waals surface area contributed by atoms with Crippen molar-refractivity contribution in [2.75, 3.05) is 6.26 Å². The van der Waals surface area contributed by atoms with Gasteiger partial charge in [0.2, 0.25) is 0 Å². The molecular formula is C19H16N4OS. The lowest BCUT2D eigenvalue weighted by molar-refractivity contribution is 0.912. The zero-order chi connectivity index (χ0) is 18.0. The van der Waals surface area contributed by atoms with E-state index in [2.05, 4.69) is 14.8 Å². The molecule has 2 aromatic heterocycles. The van der Waals surface area contributed by atoms with Gasteiger partial charge in [-0.05, 0) is 55.5 Å². The summed E-state index contributed by atoms with van der Waals surface area (Å²) in [6.07, 6.45) is 5.15. The first-order valence-electron chi connectivity index (χ1n) is 7.63. The second-order valence-corrected chi connectivity index (χ2v) is 6.35. The molecule has 0 radical (unpaired) electrons. The summed E-state index contributed by atoms with van der Waals surface area (Å²) in [6, 6.07) is 9.42. The Balaban J connectivity index is 2.41. The highest BCUT2D eigenvalue weighted by Gasteiger charge is 2.19. The van der Waals surface area contributed by atoms with Gasteiger partial charge in [0.1, 0.15) is 10.9 Å². The number of hydrogen-bond acceptors (Lipinski definition) is 4. The maximum Gasteiger partial charge on any atom is 0.282 e. The summed E-state index contributed by atoms with van der Waals surface area (Å²) in [5.41, 5.74) is 3.30. The number of hydrogen-bond donors (Lipinski definition) is 0. The first-order valence-corrected chi connectivity index (χ1v) is 8.85. The third-order valence-corrected chi connectivity index (χ3v) is 4.67. The molecule has 0 amide bonds. The fourth-order valence-electron chi connectivity index (χ4n) is 2.52. The molecule has 0 N–H and O–H groups in total. The second-order valence-electron chi connectivity index (χ2n) is 5.56. The van der Waals surface area contributed by atoms with Crippen LogP contribution >= 0.6 is 11.8 Å². The van der Waals surface area contributed by atoms with Crippen molar-refractivity contribution in [2.24, 2.45) is 0 Å². The molecule has 2 heterocycles. The summed E-state index contributed by atoms with van der Waals surface area (Å²) in [6.45, 7) is 11.4. The van der Waals surface area contributed by atoms with E-state index in [4.69, 9.17) is 6.57 Å². The number of rotatable bonds is 3. The van der Waals surface area contributed by atoms with E-state index in [0.29, 0.717) is 16.5 Å². The Morgan fingerprint density at radius 1 is 1.20 bits per heavy atom. The van der Waals surface area contributed by atoms with Gasteiger partial charge in [0.05, 0.1) is 6.57 Å². The number of nitrogens with zero attached hydrogens (tertiary/aromatic N) is 4. The smallest absolute Gasteiger partial charge is 0.282 e. The lowest BCUT2D eigenvalue weighted by Gasteiger charge is -2.15. The topological polar surface area (TPSA) is 52.1 Å². The molecule has 3 rings (SSSR count). The summed E-state index contributed by atoms with van der Waals surface area (Å²) in [5.74, 6) is 0.484. The van der Waals surface area contributed by atoms with Crippen molar-refractivity contribution < 1.29 is 0 Å². The maximum atomic E-state index is 13.0. The van der Waals surface area contributed by atoms with E-state index >= 15 is 0 Å². The molecule has 0 bridgehead atoms. The van der Waals surface area contributed by atoms with Crippen molar-refractivity contribution in [1.29, 1.82) is 0 Å². The van der Waals surface area contributed by atoms with E-state index in [1.54, 1.807) is 18.5 Å². The van der Waals surface area contributed by atoms with Crippen LogP contribution in [-0.2, 0) is 0 Å². The van der Waals surface area contributed by atoms with Crippen LogP contribution in [0.1, 0.15) is 11.1 Å². The maximum absolute atomic E-state index is 13.0. The Bertz CT molecular complexity index is 1040. The molecule has 6 heteroatoms. The van der Waals surface area contributed by atoms with Crippen LogP contribution in [0, 0.1) is 20.4 Å². The van der Waals surface area contributed by atoms with Crippen molar-refractivity contribution in [2.45, 2.75) is 18.9 Å². The number of benzene rings is 1. The molecule has 0 aliphatic carbocycles. The van der Waals surface area contributed by atoms with Crippen molar-refractivity contribution in [3.63, 3.8) is 0 Å². The Kier molecular flexibility index (Phi) is 4.68. The van der Waals surface area contributed by atoms with Gasteiger partial charge in [-0.25, -0.2) is 9.83 Å². The third kappa shape index (κ3) is 3.06. The zero-order valence-corrected chi connectivity index (χ0v) is 15.0. The van der Waals surface area contributed by atoms with Crippen LogP contribution in [0.25, 0.3) is 21.9 Å². The predicted molar refractivity (Wildman–Crippen MR) is 101 cm³/mol. The van der Waals surface area contributed by atoms with Crippen LogP contribution in [0.2, 0.25) is 0 Å². The second kappa shape index (κ2) is 6.91. The summed E-state index contributed by atoms with van der Waals surface area (Å²) in [5, 5.41) is 0.430. The van der Waals surface area contributed by atoms with Crippen molar-refractivity contribution in [3.05, 3.63) is 75.6 Å². The average Bonchev–Trinajstić information content (AvgIpc) is 2.64. The van der Waals surface area contributed by atoms with Crippen LogP contribution in [0.15, 0.2) is 52.5 Å².